The highest BCUT2D eigenvalue weighted by Gasteiger charge is 2.10. The Bertz CT molecular complexity index is 1600. The summed E-state index contributed by atoms with van der Waals surface area (Å²) in [4.78, 5) is 42.2. The number of urea groups is 1. The fraction of sp³-hybridized carbons (Fsp3) is 0.242. The van der Waals surface area contributed by atoms with Gasteiger partial charge in [0.25, 0.3) is 5.91 Å². The van der Waals surface area contributed by atoms with E-state index in [1.807, 2.05) is 33.0 Å². The number of hydrogen-bond donors (Lipinski definition) is 9. The van der Waals surface area contributed by atoms with Crippen LogP contribution in [0.1, 0.15) is 47.8 Å². The Hall–Kier alpha value is -6.41. The first-order valence-electron chi connectivity index (χ1n) is 14.0. The first-order valence-corrected chi connectivity index (χ1v) is 14.0. The van der Waals surface area contributed by atoms with Gasteiger partial charge in [0.2, 0.25) is 5.91 Å². The molecule has 3 rings (SSSR count). The van der Waals surface area contributed by atoms with Crippen LogP contribution in [0.4, 0.5) is 27.5 Å². The number of carbonyl (C=O) groups is 3. The van der Waals surface area contributed by atoms with E-state index in [9.17, 15) is 29.7 Å². The zero-order chi connectivity index (χ0) is 36.1. The molecule has 0 saturated heterocycles. The van der Waals surface area contributed by atoms with Gasteiger partial charge in [-0.25, -0.2) is 15.8 Å². The summed E-state index contributed by atoms with van der Waals surface area (Å²) in [6, 6.07) is 10.5. The summed E-state index contributed by atoms with van der Waals surface area (Å²) in [5.74, 6) is -0.669. The predicted octanol–water partition coefficient (Wildman–Crippen LogP) is 5.07. The highest BCUT2D eigenvalue weighted by Crippen LogP contribution is 2.31. The Balaban J connectivity index is 0.000000666. The van der Waals surface area contributed by atoms with Gasteiger partial charge in [0.1, 0.15) is 29.5 Å². The molecule has 0 aliphatic carbocycles. The molecule has 0 aliphatic rings. The van der Waals surface area contributed by atoms with E-state index in [1.165, 1.54) is 39.2 Å². The van der Waals surface area contributed by atoms with Crippen molar-refractivity contribution in [3.8, 4) is 42.3 Å². The summed E-state index contributed by atoms with van der Waals surface area (Å²) in [6.45, 7) is 10.8. The molecule has 0 aliphatic heterocycles. The summed E-state index contributed by atoms with van der Waals surface area (Å²) >= 11 is 0. The third kappa shape index (κ3) is 14.3. The van der Waals surface area contributed by atoms with Crippen LogP contribution in [-0.2, 0) is 14.5 Å². The van der Waals surface area contributed by atoms with Crippen LogP contribution >= 0.6 is 0 Å². The molecule has 252 valence electrons. The van der Waals surface area contributed by atoms with Crippen molar-refractivity contribution in [3.63, 3.8) is 0 Å². The summed E-state index contributed by atoms with van der Waals surface area (Å²) in [5, 5.41) is 38.4. The van der Waals surface area contributed by atoms with Crippen LogP contribution in [-0.4, -0.2) is 47.3 Å². The van der Waals surface area contributed by atoms with Crippen molar-refractivity contribution in [2.75, 3.05) is 35.7 Å². The number of phenols is 3. The van der Waals surface area contributed by atoms with Crippen LogP contribution in [0.15, 0.2) is 42.5 Å². The molecule has 0 unspecified atom stereocenters. The Morgan fingerprint density at radius 2 is 1.15 bits per heavy atom. The molecule has 14 nitrogen and oxygen atoms in total. The maximum Gasteiger partial charge on any atom is 0.319 e. The first-order chi connectivity index (χ1) is 22.3. The molecule has 0 radical (unpaired) electrons. The Morgan fingerprint density at radius 1 is 0.681 bits per heavy atom. The number of phenolic OH excluding ortho intramolecular Hbond substituents is 3. The number of aryl methyl sites for hydroxylation is 3. The number of carbonyl (C=O) groups excluding carboxylic acids is 3. The van der Waals surface area contributed by atoms with Crippen molar-refractivity contribution in [2.24, 2.45) is 0 Å². The molecule has 0 bridgehead atoms. The average molecular weight is 651 g/mol. The van der Waals surface area contributed by atoms with Gasteiger partial charge in [-0.05, 0) is 56.2 Å². The van der Waals surface area contributed by atoms with E-state index in [1.54, 1.807) is 38.1 Å². The summed E-state index contributed by atoms with van der Waals surface area (Å²) in [5.41, 5.74) is 9.44. The van der Waals surface area contributed by atoms with Gasteiger partial charge in [-0.2, -0.15) is 0 Å². The van der Waals surface area contributed by atoms with Gasteiger partial charge in [-0.15, -0.1) is 0 Å². The molecule has 47 heavy (non-hydrogen) atoms. The van der Waals surface area contributed by atoms with Crippen molar-refractivity contribution in [3.05, 3.63) is 64.7 Å². The topological polar surface area (TPSA) is 203 Å². The second-order valence-electron chi connectivity index (χ2n) is 9.00. The molecule has 0 heterocycles. The fourth-order valence-corrected chi connectivity index (χ4v) is 3.32. The van der Waals surface area contributed by atoms with Crippen molar-refractivity contribution >= 4 is 40.6 Å². The van der Waals surface area contributed by atoms with Crippen LogP contribution in [0.3, 0.4) is 0 Å². The Labute approximate surface area is 274 Å². The van der Waals surface area contributed by atoms with E-state index >= 15 is 0 Å². The van der Waals surface area contributed by atoms with Crippen LogP contribution < -0.4 is 32.2 Å². The Morgan fingerprint density at radius 3 is 1.55 bits per heavy atom. The molecule has 0 spiro atoms. The van der Waals surface area contributed by atoms with Crippen LogP contribution in [0.25, 0.3) is 0 Å². The van der Waals surface area contributed by atoms with Gasteiger partial charge in [0.15, 0.2) is 0 Å². The molecule has 0 atom stereocenters. The standard InChI is InChI=1S/C11H13N3O3.C11H12N2O3.C9H11NO2.C2H6/c1-4-17-14-8-6-10(15)9(5-7(8)2)13-11(16)12-3;1-4-16-13-9-6-11(15)10(5-7(9)2)12-8(3)14;1-6-3-4-8(11)7(5-6)9(12)10-2;1-2/h1,5-6,14-15H,2-3H3,(H2,12,13,16);1,5-6,13,15H,2-3H3,(H,12,14);3-5,11H,1-2H3,(H,10,12);1-2H3. The van der Waals surface area contributed by atoms with Crippen LogP contribution in [0.2, 0.25) is 0 Å². The lowest BCUT2D eigenvalue weighted by Gasteiger charge is -2.11. The molecule has 0 saturated carbocycles. The SMILES string of the molecule is C#CONc1cc(O)c(NC(=O)NC)cc1C.C#CONc1cc(O)c(NC(C)=O)cc1C.CC.CNC(=O)c1cc(C)ccc1O. The van der Waals surface area contributed by atoms with Gasteiger partial charge >= 0.3 is 6.03 Å². The summed E-state index contributed by atoms with van der Waals surface area (Å²) in [7, 11) is 3.01. The Kier molecular flexibility index (Phi) is 18.4. The van der Waals surface area contributed by atoms with E-state index in [4.69, 9.17) is 12.8 Å². The molecule has 0 fully saturated rings. The minimum atomic E-state index is -0.416. The highest BCUT2D eigenvalue weighted by atomic mass is 16.6. The number of nitrogens with one attached hydrogen (secondary N) is 6. The van der Waals surface area contributed by atoms with Gasteiger partial charge in [-0.3, -0.25) is 9.59 Å². The zero-order valence-electron chi connectivity index (χ0n) is 27.6. The maximum atomic E-state index is 11.1. The van der Waals surface area contributed by atoms with Crippen LogP contribution in [0.5, 0.6) is 17.2 Å². The van der Waals surface area contributed by atoms with E-state index in [-0.39, 0.29) is 29.1 Å². The lowest BCUT2D eigenvalue weighted by atomic mass is 10.1. The maximum absolute atomic E-state index is 11.1. The molecular formula is C33H42N6O8. The minimum absolute atomic E-state index is 0.0138. The van der Waals surface area contributed by atoms with Crippen molar-refractivity contribution in [1.82, 2.24) is 10.6 Å². The quantitative estimate of drug-likeness (QED) is 0.0944. The minimum Gasteiger partial charge on any atom is -0.507 e. The van der Waals surface area contributed by atoms with Crippen molar-refractivity contribution in [2.45, 2.75) is 41.5 Å². The number of hydrogen-bond acceptors (Lipinski definition) is 10. The molecule has 0 aromatic heterocycles. The number of anilines is 4. The summed E-state index contributed by atoms with van der Waals surface area (Å²) in [6.07, 6.45) is 13.7. The molecule has 3 aromatic carbocycles. The molecular weight excluding hydrogens is 608 g/mol. The normalized spacial score (nSPS) is 8.89. The third-order valence-corrected chi connectivity index (χ3v) is 5.53. The molecule has 3 aromatic rings. The fourth-order valence-electron chi connectivity index (χ4n) is 3.32. The van der Waals surface area contributed by atoms with Crippen LogP contribution in [0, 0.1) is 45.8 Å². The van der Waals surface area contributed by atoms with Gasteiger partial charge in [0.05, 0.1) is 28.3 Å². The smallest absolute Gasteiger partial charge is 0.319 e. The third-order valence-electron chi connectivity index (χ3n) is 5.53. The predicted molar refractivity (Wildman–Crippen MR) is 183 cm³/mol. The average Bonchev–Trinajstić information content (AvgIpc) is 3.04. The van der Waals surface area contributed by atoms with Gasteiger partial charge < -0.3 is 46.3 Å². The number of rotatable bonds is 7. The molecule has 14 heteroatoms. The van der Waals surface area contributed by atoms with E-state index < -0.39 is 6.03 Å². The number of aromatic hydroxyl groups is 3. The first kappa shape index (κ1) is 40.6. The second kappa shape index (κ2) is 21.3. The van der Waals surface area contributed by atoms with E-state index in [0.717, 1.165) is 16.7 Å². The van der Waals surface area contributed by atoms with Crippen molar-refractivity contribution in [1.29, 1.82) is 0 Å². The zero-order valence-corrected chi connectivity index (χ0v) is 27.6. The monoisotopic (exact) mass is 650 g/mol. The second-order valence-corrected chi connectivity index (χ2v) is 9.00. The number of terminal acetylenes is 2. The lowest BCUT2D eigenvalue weighted by Crippen LogP contribution is -2.24. The van der Waals surface area contributed by atoms with Crippen molar-refractivity contribution < 1.29 is 39.4 Å². The van der Waals surface area contributed by atoms with Gasteiger partial charge in [-0.1, -0.05) is 38.3 Å². The van der Waals surface area contributed by atoms with E-state index in [0.29, 0.717) is 28.3 Å². The lowest BCUT2D eigenvalue weighted by molar-refractivity contribution is -0.114. The molecule has 4 amide bonds. The largest absolute Gasteiger partial charge is 0.507 e. The summed E-state index contributed by atoms with van der Waals surface area (Å²) < 4.78 is 0. The van der Waals surface area contributed by atoms with Gasteiger partial charge in [0, 0.05) is 33.2 Å². The highest BCUT2D eigenvalue weighted by molar-refractivity contribution is 5.96. The molecule has 9 N–H and O–H groups in total. The van der Waals surface area contributed by atoms with E-state index in [2.05, 4.69) is 41.9 Å². The number of amides is 4. The number of benzene rings is 3.